The van der Waals surface area contributed by atoms with Crippen LogP contribution in [0.4, 0.5) is 4.39 Å². The van der Waals surface area contributed by atoms with Gasteiger partial charge in [-0.3, -0.25) is 9.78 Å². The van der Waals surface area contributed by atoms with Crippen LogP contribution in [0.2, 0.25) is 0 Å². The Morgan fingerprint density at radius 1 is 1.24 bits per heavy atom. The highest BCUT2D eigenvalue weighted by Gasteiger charge is 2.21. The standard InChI is InChI=1S/C19H24FN3O2/c1-12(2)23-19(25)14-7-5-9-22-17(14)11-18(24)16(21)10-13-6-3-4-8-15(13)20/h3-9,12,16,18,24H,10-11,21H2,1-2H3,(H,23,25). The SMILES string of the molecule is CC(C)NC(=O)c1cccnc1CC(O)C(N)Cc1ccccc1F. The van der Waals surface area contributed by atoms with Gasteiger partial charge >= 0.3 is 0 Å². The van der Waals surface area contributed by atoms with E-state index >= 15 is 0 Å². The van der Waals surface area contributed by atoms with Crippen molar-refractivity contribution in [2.45, 2.75) is 44.9 Å². The number of carbonyl (C=O) groups excluding carboxylic acids is 1. The number of aliphatic hydroxyl groups excluding tert-OH is 1. The average Bonchev–Trinajstić information content (AvgIpc) is 2.56. The molecule has 0 spiro atoms. The van der Waals surface area contributed by atoms with Crippen LogP contribution in [0.25, 0.3) is 0 Å². The summed E-state index contributed by atoms with van der Waals surface area (Å²) in [5.74, 6) is -0.590. The van der Waals surface area contributed by atoms with Gasteiger partial charge < -0.3 is 16.2 Å². The number of aliphatic hydroxyl groups is 1. The number of hydrogen-bond donors (Lipinski definition) is 3. The van der Waals surface area contributed by atoms with Gasteiger partial charge in [0.1, 0.15) is 5.82 Å². The molecule has 2 aromatic rings. The van der Waals surface area contributed by atoms with Crippen LogP contribution in [-0.4, -0.2) is 34.2 Å². The van der Waals surface area contributed by atoms with E-state index in [0.717, 1.165) is 0 Å². The lowest BCUT2D eigenvalue weighted by molar-refractivity contribution is 0.0939. The molecule has 6 heteroatoms. The molecule has 0 aliphatic carbocycles. The predicted molar refractivity (Wildman–Crippen MR) is 94.6 cm³/mol. The number of nitrogens with one attached hydrogen (secondary N) is 1. The van der Waals surface area contributed by atoms with E-state index in [1.165, 1.54) is 6.07 Å². The molecule has 0 bridgehead atoms. The number of amides is 1. The first-order chi connectivity index (χ1) is 11.9. The van der Waals surface area contributed by atoms with Crippen LogP contribution >= 0.6 is 0 Å². The zero-order chi connectivity index (χ0) is 18.4. The van der Waals surface area contributed by atoms with Gasteiger partial charge in [0.15, 0.2) is 0 Å². The molecule has 4 N–H and O–H groups in total. The molecule has 0 aliphatic rings. The third kappa shape index (κ3) is 5.34. The van der Waals surface area contributed by atoms with Crippen LogP contribution < -0.4 is 11.1 Å². The minimum atomic E-state index is -0.944. The second-order valence-electron chi connectivity index (χ2n) is 6.36. The Hall–Kier alpha value is -2.31. The minimum Gasteiger partial charge on any atom is -0.391 e. The molecule has 1 heterocycles. The van der Waals surface area contributed by atoms with Gasteiger partial charge in [-0.25, -0.2) is 4.39 Å². The maximum Gasteiger partial charge on any atom is 0.253 e. The summed E-state index contributed by atoms with van der Waals surface area (Å²) in [5.41, 5.74) is 7.36. The number of rotatable bonds is 7. The summed E-state index contributed by atoms with van der Waals surface area (Å²) in [6, 6.07) is 9.00. The molecule has 2 rings (SSSR count). The first-order valence-electron chi connectivity index (χ1n) is 8.30. The summed E-state index contributed by atoms with van der Waals surface area (Å²) in [5, 5.41) is 13.2. The number of aromatic nitrogens is 1. The molecule has 1 amide bonds. The molecule has 25 heavy (non-hydrogen) atoms. The van der Waals surface area contributed by atoms with Gasteiger partial charge in [0, 0.05) is 24.7 Å². The average molecular weight is 345 g/mol. The van der Waals surface area contributed by atoms with Gasteiger partial charge in [-0.05, 0) is 44.0 Å². The molecule has 0 radical (unpaired) electrons. The lowest BCUT2D eigenvalue weighted by Crippen LogP contribution is -2.39. The maximum atomic E-state index is 13.7. The van der Waals surface area contributed by atoms with Crippen LogP contribution in [0.3, 0.4) is 0 Å². The first kappa shape index (κ1) is 19.0. The van der Waals surface area contributed by atoms with Crippen molar-refractivity contribution in [3.8, 4) is 0 Å². The van der Waals surface area contributed by atoms with Crippen LogP contribution in [-0.2, 0) is 12.8 Å². The number of nitrogens with two attached hydrogens (primary N) is 1. The topological polar surface area (TPSA) is 88.2 Å². The van der Waals surface area contributed by atoms with Gasteiger partial charge in [0.05, 0.1) is 17.4 Å². The summed E-state index contributed by atoms with van der Waals surface area (Å²) in [4.78, 5) is 16.5. The Kier molecular flexibility index (Phi) is 6.61. The zero-order valence-corrected chi connectivity index (χ0v) is 14.4. The zero-order valence-electron chi connectivity index (χ0n) is 14.4. The summed E-state index contributed by atoms with van der Waals surface area (Å²) in [6.45, 7) is 3.74. The van der Waals surface area contributed by atoms with Crippen LogP contribution in [0, 0.1) is 5.82 Å². The van der Waals surface area contributed by atoms with Crippen molar-refractivity contribution < 1.29 is 14.3 Å². The molecule has 5 nitrogen and oxygen atoms in total. The van der Waals surface area contributed by atoms with Crippen LogP contribution in [0.5, 0.6) is 0 Å². The van der Waals surface area contributed by atoms with E-state index in [-0.39, 0.29) is 30.6 Å². The summed E-state index contributed by atoms with van der Waals surface area (Å²) < 4.78 is 13.7. The number of pyridine rings is 1. The molecule has 1 aromatic heterocycles. The van der Waals surface area contributed by atoms with Gasteiger partial charge in [0.25, 0.3) is 5.91 Å². The minimum absolute atomic E-state index is 0.00575. The molecule has 0 fully saturated rings. The molecule has 2 unspecified atom stereocenters. The number of nitrogens with zero attached hydrogens (tertiary/aromatic N) is 1. The highest BCUT2D eigenvalue weighted by atomic mass is 19.1. The fraction of sp³-hybridized carbons (Fsp3) is 0.368. The van der Waals surface area contributed by atoms with Crippen molar-refractivity contribution >= 4 is 5.91 Å². The van der Waals surface area contributed by atoms with Crippen molar-refractivity contribution in [1.29, 1.82) is 0 Å². The Labute approximate surface area is 147 Å². The fourth-order valence-electron chi connectivity index (χ4n) is 2.55. The lowest BCUT2D eigenvalue weighted by atomic mass is 9.97. The van der Waals surface area contributed by atoms with E-state index in [9.17, 15) is 14.3 Å². The molecule has 2 atom stereocenters. The van der Waals surface area contributed by atoms with E-state index < -0.39 is 12.1 Å². The van der Waals surface area contributed by atoms with Crippen LogP contribution in [0.1, 0.15) is 35.5 Å². The molecular formula is C19H24FN3O2. The Bertz CT molecular complexity index is 721. The highest BCUT2D eigenvalue weighted by Crippen LogP contribution is 2.14. The van der Waals surface area contributed by atoms with E-state index in [4.69, 9.17) is 5.73 Å². The van der Waals surface area contributed by atoms with E-state index in [0.29, 0.717) is 16.8 Å². The van der Waals surface area contributed by atoms with E-state index in [1.807, 2.05) is 13.8 Å². The van der Waals surface area contributed by atoms with Crippen molar-refractivity contribution in [1.82, 2.24) is 10.3 Å². The molecule has 0 saturated carbocycles. The second-order valence-corrected chi connectivity index (χ2v) is 6.36. The van der Waals surface area contributed by atoms with Crippen molar-refractivity contribution in [2.75, 3.05) is 0 Å². The predicted octanol–water partition coefficient (Wildman–Crippen LogP) is 1.83. The second kappa shape index (κ2) is 8.69. The van der Waals surface area contributed by atoms with Gasteiger partial charge in [0.2, 0.25) is 0 Å². The Balaban J connectivity index is 2.08. The fourth-order valence-corrected chi connectivity index (χ4v) is 2.55. The molecule has 0 saturated heterocycles. The molecule has 134 valence electrons. The number of carbonyl (C=O) groups is 1. The largest absolute Gasteiger partial charge is 0.391 e. The van der Waals surface area contributed by atoms with Crippen LogP contribution in [0.15, 0.2) is 42.6 Å². The summed E-state index contributed by atoms with van der Waals surface area (Å²) in [7, 11) is 0. The maximum absolute atomic E-state index is 13.7. The number of benzene rings is 1. The van der Waals surface area contributed by atoms with Gasteiger partial charge in [-0.15, -0.1) is 0 Å². The smallest absolute Gasteiger partial charge is 0.253 e. The summed E-state index contributed by atoms with van der Waals surface area (Å²) in [6.07, 6.45) is 0.947. The first-order valence-corrected chi connectivity index (χ1v) is 8.30. The summed E-state index contributed by atoms with van der Waals surface area (Å²) >= 11 is 0. The Morgan fingerprint density at radius 3 is 2.64 bits per heavy atom. The monoisotopic (exact) mass is 345 g/mol. The normalized spacial score (nSPS) is 13.5. The van der Waals surface area contributed by atoms with E-state index in [1.54, 1.807) is 36.5 Å². The van der Waals surface area contributed by atoms with Crippen molar-refractivity contribution in [3.05, 3.63) is 65.2 Å². The number of hydrogen-bond acceptors (Lipinski definition) is 4. The molecular weight excluding hydrogens is 321 g/mol. The third-order valence-electron chi connectivity index (χ3n) is 3.86. The van der Waals surface area contributed by atoms with Gasteiger partial charge in [-0.1, -0.05) is 18.2 Å². The van der Waals surface area contributed by atoms with E-state index in [2.05, 4.69) is 10.3 Å². The molecule has 1 aromatic carbocycles. The van der Waals surface area contributed by atoms with Crippen molar-refractivity contribution in [3.63, 3.8) is 0 Å². The Morgan fingerprint density at radius 2 is 1.96 bits per heavy atom. The lowest BCUT2D eigenvalue weighted by Gasteiger charge is -2.20. The quantitative estimate of drug-likeness (QED) is 0.714. The van der Waals surface area contributed by atoms with Gasteiger partial charge in [-0.2, -0.15) is 0 Å². The number of halogens is 1. The highest BCUT2D eigenvalue weighted by molar-refractivity contribution is 5.95. The van der Waals surface area contributed by atoms with Crippen molar-refractivity contribution in [2.24, 2.45) is 5.73 Å². The molecule has 0 aliphatic heterocycles. The third-order valence-corrected chi connectivity index (χ3v) is 3.86.